The van der Waals surface area contributed by atoms with E-state index in [-0.39, 0.29) is 17.8 Å². The predicted octanol–water partition coefficient (Wildman–Crippen LogP) is 2.68. The summed E-state index contributed by atoms with van der Waals surface area (Å²) in [4.78, 5) is 26.2. The number of anilines is 2. The molecule has 0 amide bonds. The summed E-state index contributed by atoms with van der Waals surface area (Å²) >= 11 is 1.65. The number of phenols is 1. The molecule has 0 saturated carbocycles. The lowest BCUT2D eigenvalue weighted by Crippen LogP contribution is -2.43. The Morgan fingerprint density at radius 2 is 1.69 bits per heavy atom. The third-order valence-corrected chi connectivity index (χ3v) is 5.81. The molecule has 0 unspecified atom stereocenters. The molecule has 3 rings (SSSR count). The number of hydrogen-bond donors (Lipinski definition) is 3. The van der Waals surface area contributed by atoms with Crippen molar-refractivity contribution in [2.45, 2.75) is 31.8 Å². The van der Waals surface area contributed by atoms with Crippen LogP contribution < -0.4 is 21.5 Å². The van der Waals surface area contributed by atoms with Crippen LogP contribution in [0.25, 0.3) is 0 Å². The average Bonchev–Trinajstić information content (AvgIpc) is 3.20. The summed E-state index contributed by atoms with van der Waals surface area (Å²) in [5, 5.41) is 20.0. The Balaban J connectivity index is 1.63. The summed E-state index contributed by atoms with van der Waals surface area (Å²) < 4.78 is 0. The molecule has 0 saturated heterocycles. The van der Waals surface area contributed by atoms with E-state index < -0.39 is 10.9 Å². The summed E-state index contributed by atoms with van der Waals surface area (Å²) in [6, 6.07) is 9.36. The van der Waals surface area contributed by atoms with Crippen LogP contribution in [-0.2, 0) is 12.8 Å². The highest BCUT2D eigenvalue weighted by atomic mass is 32.1. The number of phenolic OH excluding ortho intramolecular Hbond substituents is 1. The monoisotopic (exact) mass is 413 g/mol. The van der Waals surface area contributed by atoms with Gasteiger partial charge in [-0.3, -0.25) is 9.59 Å². The van der Waals surface area contributed by atoms with Gasteiger partial charge < -0.3 is 20.6 Å². The fourth-order valence-electron chi connectivity index (χ4n) is 3.32. The highest BCUT2D eigenvalue weighted by Crippen LogP contribution is 2.19. The minimum atomic E-state index is -0.461. The molecule has 0 bridgehead atoms. The number of thiophene rings is 1. The number of likely N-dealkylation sites (N-methyl/N-ethyl adjacent to an activating group) is 1. The van der Waals surface area contributed by atoms with E-state index in [1.807, 2.05) is 38.5 Å². The second-order valence-corrected chi connectivity index (χ2v) is 8.44. The number of hydrogen-bond acceptors (Lipinski definition) is 7. The largest absolute Gasteiger partial charge is 0.508 e. The van der Waals surface area contributed by atoms with Gasteiger partial charge >= 0.3 is 0 Å². The summed E-state index contributed by atoms with van der Waals surface area (Å²) in [5.74, 6) is 0.240. The van der Waals surface area contributed by atoms with Crippen LogP contribution in [0.5, 0.6) is 5.75 Å². The lowest BCUT2D eigenvalue weighted by Gasteiger charge is -2.26. The molecular weight excluding hydrogens is 386 g/mol. The second-order valence-electron chi connectivity index (χ2n) is 7.66. The summed E-state index contributed by atoms with van der Waals surface area (Å²) in [7, 11) is 3.97. The summed E-state index contributed by atoms with van der Waals surface area (Å²) in [6.45, 7) is 2.54. The van der Waals surface area contributed by atoms with Gasteiger partial charge in [-0.1, -0.05) is 12.1 Å². The van der Waals surface area contributed by atoms with Gasteiger partial charge in [-0.05, 0) is 73.9 Å². The van der Waals surface area contributed by atoms with Crippen molar-refractivity contribution < 1.29 is 5.11 Å². The molecule has 7 heteroatoms. The molecule has 29 heavy (non-hydrogen) atoms. The number of aromatic hydroxyl groups is 1. The van der Waals surface area contributed by atoms with Crippen molar-refractivity contribution in [2.75, 3.05) is 31.3 Å². The van der Waals surface area contributed by atoms with Gasteiger partial charge in [-0.2, -0.15) is 11.3 Å². The minimum absolute atomic E-state index is 0.0510. The summed E-state index contributed by atoms with van der Waals surface area (Å²) in [6.07, 6.45) is 1.55. The van der Waals surface area contributed by atoms with E-state index in [9.17, 15) is 14.7 Å². The van der Waals surface area contributed by atoms with Crippen molar-refractivity contribution in [3.8, 4) is 5.75 Å². The maximum Gasteiger partial charge on any atom is 0.253 e. The molecule has 0 fully saturated rings. The Morgan fingerprint density at radius 3 is 2.31 bits per heavy atom. The summed E-state index contributed by atoms with van der Waals surface area (Å²) in [5.41, 5.74) is 2.16. The second kappa shape index (κ2) is 9.24. The van der Waals surface area contributed by atoms with Crippen molar-refractivity contribution in [3.05, 3.63) is 72.7 Å². The number of rotatable bonds is 10. The van der Waals surface area contributed by atoms with Gasteiger partial charge in [0, 0.05) is 18.6 Å². The SMILES string of the molecule is C[C@@H](Cc1ccsc1)Nc1c(NC[C@H](Cc2ccc(O)cc2)N(C)C)c(=O)c1=O. The fourth-order valence-corrected chi connectivity index (χ4v) is 4.00. The number of nitrogens with one attached hydrogen (secondary N) is 2. The highest BCUT2D eigenvalue weighted by molar-refractivity contribution is 7.07. The van der Waals surface area contributed by atoms with Crippen LogP contribution in [0.15, 0.2) is 50.7 Å². The third-order valence-electron chi connectivity index (χ3n) is 5.08. The zero-order valence-electron chi connectivity index (χ0n) is 16.9. The maximum absolute atomic E-state index is 12.1. The molecule has 1 heterocycles. The van der Waals surface area contributed by atoms with Crippen LogP contribution in [0, 0.1) is 0 Å². The van der Waals surface area contributed by atoms with Gasteiger partial charge in [-0.25, -0.2) is 0 Å². The van der Waals surface area contributed by atoms with Gasteiger partial charge in [0.05, 0.1) is 0 Å². The molecule has 154 valence electrons. The van der Waals surface area contributed by atoms with Crippen LogP contribution in [0.3, 0.4) is 0 Å². The molecule has 3 N–H and O–H groups in total. The Hall–Kier alpha value is -2.64. The topological polar surface area (TPSA) is 81.7 Å². The third kappa shape index (κ3) is 5.25. The van der Waals surface area contributed by atoms with Gasteiger partial charge in [0.2, 0.25) is 0 Å². The first-order valence-corrected chi connectivity index (χ1v) is 10.6. The van der Waals surface area contributed by atoms with Crippen LogP contribution in [0.4, 0.5) is 11.4 Å². The Bertz CT molecular complexity index is 990. The number of benzene rings is 1. The normalized spacial score (nSPS) is 13.5. The molecule has 0 aliphatic rings. The van der Waals surface area contributed by atoms with Crippen molar-refractivity contribution in [1.82, 2.24) is 4.90 Å². The molecule has 6 nitrogen and oxygen atoms in total. The molecular formula is C22H27N3O3S. The van der Waals surface area contributed by atoms with E-state index in [1.54, 1.807) is 23.5 Å². The van der Waals surface area contributed by atoms with E-state index in [0.717, 1.165) is 18.4 Å². The lowest BCUT2D eigenvalue weighted by molar-refractivity contribution is 0.303. The average molecular weight is 414 g/mol. The molecule has 0 aliphatic heterocycles. The van der Waals surface area contributed by atoms with Crippen LogP contribution in [0.2, 0.25) is 0 Å². The Morgan fingerprint density at radius 1 is 1.00 bits per heavy atom. The minimum Gasteiger partial charge on any atom is -0.508 e. The molecule has 0 aliphatic carbocycles. The van der Waals surface area contributed by atoms with E-state index in [4.69, 9.17) is 0 Å². The maximum atomic E-state index is 12.1. The lowest BCUT2D eigenvalue weighted by atomic mass is 10.0. The molecule has 1 aromatic heterocycles. The van der Waals surface area contributed by atoms with Crippen molar-refractivity contribution in [1.29, 1.82) is 0 Å². The molecule has 2 atom stereocenters. The first-order valence-electron chi connectivity index (χ1n) is 9.64. The van der Waals surface area contributed by atoms with E-state index in [2.05, 4.69) is 27.0 Å². The first-order chi connectivity index (χ1) is 13.8. The van der Waals surface area contributed by atoms with Gasteiger partial charge in [0.25, 0.3) is 10.9 Å². The van der Waals surface area contributed by atoms with Crippen LogP contribution in [0.1, 0.15) is 18.1 Å². The zero-order valence-corrected chi connectivity index (χ0v) is 17.8. The quantitative estimate of drug-likeness (QED) is 0.444. The Kier molecular flexibility index (Phi) is 6.71. The van der Waals surface area contributed by atoms with E-state index >= 15 is 0 Å². The highest BCUT2D eigenvalue weighted by Gasteiger charge is 2.23. The van der Waals surface area contributed by atoms with E-state index in [0.29, 0.717) is 17.9 Å². The fraction of sp³-hybridized carbons (Fsp3) is 0.364. The Labute approximate surface area is 174 Å². The molecule has 3 aromatic rings. The van der Waals surface area contributed by atoms with Crippen molar-refractivity contribution in [2.24, 2.45) is 0 Å². The number of nitrogens with zero attached hydrogens (tertiary/aromatic N) is 1. The van der Waals surface area contributed by atoms with Crippen LogP contribution in [-0.4, -0.2) is 42.7 Å². The standard InChI is InChI=1S/C22H27N3O3S/c1-14(10-16-8-9-29-13-16)24-20-19(21(27)22(20)28)23-12-17(25(2)3)11-15-4-6-18(26)7-5-15/h4-9,13-14,17,23-24,26H,10-12H2,1-3H3/t14-,17-/m0/s1. The zero-order chi connectivity index (χ0) is 21.0. The predicted molar refractivity (Wildman–Crippen MR) is 120 cm³/mol. The van der Waals surface area contributed by atoms with E-state index in [1.165, 1.54) is 5.56 Å². The van der Waals surface area contributed by atoms with Crippen LogP contribution >= 0.6 is 11.3 Å². The molecule has 0 radical (unpaired) electrons. The van der Waals surface area contributed by atoms with Crippen molar-refractivity contribution in [3.63, 3.8) is 0 Å². The smallest absolute Gasteiger partial charge is 0.253 e. The van der Waals surface area contributed by atoms with Gasteiger partial charge in [-0.15, -0.1) is 0 Å². The molecule has 2 aromatic carbocycles. The van der Waals surface area contributed by atoms with Gasteiger partial charge in [0.1, 0.15) is 17.1 Å². The van der Waals surface area contributed by atoms with Gasteiger partial charge in [0.15, 0.2) is 0 Å². The first kappa shape index (κ1) is 21.1. The van der Waals surface area contributed by atoms with Crippen molar-refractivity contribution >= 4 is 22.7 Å². The molecule has 0 spiro atoms.